The van der Waals surface area contributed by atoms with Gasteiger partial charge in [-0.15, -0.1) is 0 Å². The number of aryl methyl sites for hydroxylation is 1. The fourth-order valence-corrected chi connectivity index (χ4v) is 4.32. The normalized spacial score (nSPS) is 14.4. The van der Waals surface area contributed by atoms with Crippen LogP contribution in [0.5, 0.6) is 0 Å². The number of hydrogen-bond acceptors (Lipinski definition) is 8. The molecule has 40 heavy (non-hydrogen) atoms. The van der Waals surface area contributed by atoms with Gasteiger partial charge < -0.3 is 30.6 Å². The summed E-state index contributed by atoms with van der Waals surface area (Å²) >= 11 is 0. The number of aromatic nitrogens is 2. The smallest absolute Gasteiger partial charge is 0.261 e. The number of nitrogens with zero attached hydrogens (tertiary/aromatic N) is 3. The van der Waals surface area contributed by atoms with Crippen molar-refractivity contribution in [3.05, 3.63) is 70.8 Å². The standard InChI is InChI=1S/C20H31N5O3.C9H10O.C2H6/c1-24-9-5-20(27,6-10-24)14-25-15-23-18-13-16(3-4-17(18)19(25)26)22-8-12-28-11-2-7-21;10-8-4-7-9-5-2-1-3-6-9;1-2/h3-4,13,15,22,27H,2,5-12,14,21H2,1H3;1-3,5-6,8H,4,7H2;1-2H3. The van der Waals surface area contributed by atoms with E-state index in [2.05, 4.69) is 15.2 Å². The number of ether oxygens (including phenoxy) is 1. The van der Waals surface area contributed by atoms with Crippen LogP contribution in [0.2, 0.25) is 0 Å². The third-order valence-corrected chi connectivity index (χ3v) is 6.67. The zero-order valence-electron chi connectivity index (χ0n) is 24.3. The molecule has 1 aliphatic heterocycles. The van der Waals surface area contributed by atoms with Crippen molar-refractivity contribution in [2.24, 2.45) is 5.73 Å². The average Bonchev–Trinajstić information content (AvgIpc) is 2.99. The van der Waals surface area contributed by atoms with Crippen LogP contribution < -0.4 is 16.6 Å². The number of anilines is 1. The van der Waals surface area contributed by atoms with Gasteiger partial charge in [0.05, 0.1) is 36.0 Å². The molecule has 0 saturated carbocycles. The highest BCUT2D eigenvalue weighted by Gasteiger charge is 2.32. The molecule has 0 amide bonds. The molecule has 2 aromatic carbocycles. The van der Waals surface area contributed by atoms with Crippen molar-refractivity contribution in [3.63, 3.8) is 0 Å². The SMILES string of the molecule is CC.CN1CCC(O)(Cn2cnc3cc(NCCOCCCN)ccc3c2=O)CC1.O=CCCc1ccccc1. The second-order valence-electron chi connectivity index (χ2n) is 9.81. The number of fused-ring (bicyclic) bond motifs is 1. The Morgan fingerprint density at radius 1 is 1.12 bits per heavy atom. The first-order chi connectivity index (χ1) is 19.4. The van der Waals surface area contributed by atoms with E-state index in [0.29, 0.717) is 56.5 Å². The molecule has 0 aliphatic carbocycles. The molecular formula is C31H47N5O4. The number of benzene rings is 2. The van der Waals surface area contributed by atoms with E-state index in [0.717, 1.165) is 37.9 Å². The maximum absolute atomic E-state index is 12.8. The molecule has 220 valence electrons. The van der Waals surface area contributed by atoms with Crippen LogP contribution in [0.1, 0.15) is 45.1 Å². The number of aliphatic hydroxyl groups is 1. The van der Waals surface area contributed by atoms with E-state index < -0.39 is 5.60 Å². The van der Waals surface area contributed by atoms with Gasteiger partial charge in [-0.3, -0.25) is 9.36 Å². The summed E-state index contributed by atoms with van der Waals surface area (Å²) in [6.45, 7) is 8.52. The summed E-state index contributed by atoms with van der Waals surface area (Å²) in [6, 6.07) is 15.5. The van der Waals surface area contributed by atoms with Crippen molar-refractivity contribution in [2.75, 3.05) is 51.8 Å². The zero-order valence-corrected chi connectivity index (χ0v) is 24.3. The van der Waals surface area contributed by atoms with Crippen LogP contribution in [0.25, 0.3) is 10.9 Å². The topological polar surface area (TPSA) is 123 Å². The first kappa shape index (κ1) is 33.1. The highest BCUT2D eigenvalue weighted by Crippen LogP contribution is 2.23. The van der Waals surface area contributed by atoms with Gasteiger partial charge >= 0.3 is 0 Å². The molecule has 4 N–H and O–H groups in total. The predicted molar refractivity (Wildman–Crippen MR) is 163 cm³/mol. The lowest BCUT2D eigenvalue weighted by Gasteiger charge is -2.36. The van der Waals surface area contributed by atoms with Gasteiger partial charge in [0.15, 0.2) is 0 Å². The number of nitrogens with two attached hydrogens (primary N) is 1. The fourth-order valence-electron chi connectivity index (χ4n) is 4.32. The van der Waals surface area contributed by atoms with Gasteiger partial charge in [-0.25, -0.2) is 4.98 Å². The Balaban J connectivity index is 0.000000391. The molecule has 9 heteroatoms. The van der Waals surface area contributed by atoms with E-state index in [4.69, 9.17) is 10.5 Å². The summed E-state index contributed by atoms with van der Waals surface area (Å²) in [6.07, 6.45) is 6.16. The molecule has 0 bridgehead atoms. The van der Waals surface area contributed by atoms with Gasteiger partial charge in [0.2, 0.25) is 0 Å². The first-order valence-electron chi connectivity index (χ1n) is 14.3. The van der Waals surface area contributed by atoms with E-state index in [1.807, 2.05) is 63.4 Å². The molecule has 3 aromatic rings. The van der Waals surface area contributed by atoms with E-state index in [-0.39, 0.29) is 12.1 Å². The molecule has 0 atom stereocenters. The summed E-state index contributed by atoms with van der Waals surface area (Å²) in [7, 11) is 2.04. The third-order valence-electron chi connectivity index (χ3n) is 6.67. The minimum atomic E-state index is -0.850. The van der Waals surface area contributed by atoms with Crippen molar-refractivity contribution in [1.82, 2.24) is 14.5 Å². The summed E-state index contributed by atoms with van der Waals surface area (Å²) in [5.41, 5.74) is 7.23. The highest BCUT2D eigenvalue weighted by molar-refractivity contribution is 5.81. The van der Waals surface area contributed by atoms with Gasteiger partial charge in [0, 0.05) is 38.3 Å². The minimum Gasteiger partial charge on any atom is -0.388 e. The largest absolute Gasteiger partial charge is 0.388 e. The average molecular weight is 554 g/mol. The predicted octanol–water partition coefficient (Wildman–Crippen LogP) is 3.47. The first-order valence-corrected chi connectivity index (χ1v) is 14.3. The molecule has 9 nitrogen and oxygen atoms in total. The number of rotatable bonds is 12. The molecule has 2 heterocycles. The number of likely N-dealkylation sites (tertiary alicyclic amines) is 1. The van der Waals surface area contributed by atoms with Gasteiger partial charge in [0.1, 0.15) is 6.29 Å². The lowest BCUT2D eigenvalue weighted by atomic mass is 9.91. The van der Waals surface area contributed by atoms with E-state index >= 15 is 0 Å². The van der Waals surface area contributed by atoms with Gasteiger partial charge in [-0.1, -0.05) is 44.2 Å². The molecule has 1 aromatic heterocycles. The lowest BCUT2D eigenvalue weighted by molar-refractivity contribution is -0.107. The van der Waals surface area contributed by atoms with Crippen LogP contribution in [-0.2, 0) is 22.5 Å². The Hall–Kier alpha value is -3.11. The van der Waals surface area contributed by atoms with Crippen LogP contribution >= 0.6 is 0 Å². The Morgan fingerprint density at radius 2 is 1.85 bits per heavy atom. The van der Waals surface area contributed by atoms with Crippen molar-refractivity contribution in [3.8, 4) is 0 Å². The Kier molecular flexibility index (Phi) is 15.1. The molecule has 1 saturated heterocycles. The molecule has 0 radical (unpaired) electrons. The number of aldehydes is 1. The van der Waals surface area contributed by atoms with Crippen molar-refractivity contribution >= 4 is 22.9 Å². The number of carbonyl (C=O) groups excluding carboxylic acids is 1. The molecule has 0 spiro atoms. The Labute approximate surface area is 238 Å². The zero-order chi connectivity index (χ0) is 29.2. The second-order valence-corrected chi connectivity index (χ2v) is 9.81. The maximum Gasteiger partial charge on any atom is 0.261 e. The van der Waals surface area contributed by atoms with Crippen LogP contribution in [0.4, 0.5) is 5.69 Å². The summed E-state index contributed by atoms with van der Waals surface area (Å²) in [4.78, 5) is 29.4. The van der Waals surface area contributed by atoms with Crippen LogP contribution in [-0.4, -0.2) is 77.9 Å². The van der Waals surface area contributed by atoms with Crippen molar-refractivity contribution in [1.29, 1.82) is 0 Å². The van der Waals surface area contributed by atoms with E-state index in [9.17, 15) is 14.7 Å². The number of hydrogen-bond donors (Lipinski definition) is 3. The quantitative estimate of drug-likeness (QED) is 0.230. The lowest BCUT2D eigenvalue weighted by Crippen LogP contribution is -2.46. The fraction of sp³-hybridized carbons (Fsp3) is 0.516. The molecule has 0 unspecified atom stereocenters. The number of piperidine rings is 1. The van der Waals surface area contributed by atoms with Crippen molar-refractivity contribution in [2.45, 2.75) is 58.1 Å². The van der Waals surface area contributed by atoms with Crippen LogP contribution in [0, 0.1) is 0 Å². The maximum atomic E-state index is 12.8. The number of nitrogens with one attached hydrogen (secondary N) is 1. The van der Waals surface area contributed by atoms with Gasteiger partial charge in [-0.2, -0.15) is 0 Å². The molecule has 1 aliphatic rings. The molecular weight excluding hydrogens is 506 g/mol. The Morgan fingerprint density at radius 3 is 2.52 bits per heavy atom. The monoisotopic (exact) mass is 553 g/mol. The van der Waals surface area contributed by atoms with Crippen molar-refractivity contribution < 1.29 is 14.6 Å². The third kappa shape index (κ3) is 11.2. The minimum absolute atomic E-state index is 0.117. The number of carbonyl (C=O) groups is 1. The second kappa shape index (κ2) is 18.3. The van der Waals surface area contributed by atoms with Crippen LogP contribution in [0.3, 0.4) is 0 Å². The molecule has 4 rings (SSSR count). The van der Waals surface area contributed by atoms with Gasteiger partial charge in [0.25, 0.3) is 5.56 Å². The summed E-state index contributed by atoms with van der Waals surface area (Å²) in [5.74, 6) is 0. The Bertz CT molecular complexity index is 1180. The molecule has 1 fully saturated rings. The summed E-state index contributed by atoms with van der Waals surface area (Å²) in [5, 5.41) is 14.6. The van der Waals surface area contributed by atoms with E-state index in [1.165, 1.54) is 10.1 Å². The van der Waals surface area contributed by atoms with E-state index in [1.54, 1.807) is 12.4 Å². The summed E-state index contributed by atoms with van der Waals surface area (Å²) < 4.78 is 7.00. The van der Waals surface area contributed by atoms with Crippen LogP contribution in [0.15, 0.2) is 59.7 Å². The van der Waals surface area contributed by atoms with Gasteiger partial charge in [-0.05, 0) is 63.0 Å². The highest BCUT2D eigenvalue weighted by atomic mass is 16.5.